The van der Waals surface area contributed by atoms with Crippen molar-refractivity contribution in [1.82, 2.24) is 9.62 Å². The smallest absolute Gasteiger partial charge is 0.410 e. The summed E-state index contributed by atoms with van der Waals surface area (Å²) < 4.78 is 57.9. The minimum Gasteiger partial charge on any atom is -0.490 e. The molecule has 1 fully saturated rings. The molecule has 3 aromatic carbocycles. The monoisotopic (exact) mass is 740 g/mol. The molecule has 11 nitrogen and oxygen atoms in total. The Morgan fingerprint density at radius 2 is 1.67 bits per heavy atom. The Kier molecular flexibility index (Phi) is 14.2. The van der Waals surface area contributed by atoms with Gasteiger partial charge in [-0.15, -0.1) is 0 Å². The fourth-order valence-corrected chi connectivity index (χ4v) is 6.79. The summed E-state index contributed by atoms with van der Waals surface area (Å²) in [6.45, 7) is 6.58. The molecule has 0 saturated heterocycles. The second-order valence-electron chi connectivity index (χ2n) is 14.0. The molecule has 52 heavy (non-hydrogen) atoms. The van der Waals surface area contributed by atoms with Crippen LogP contribution in [0.1, 0.15) is 93.8 Å². The molecule has 1 aliphatic carbocycles. The van der Waals surface area contributed by atoms with Crippen molar-refractivity contribution in [2.45, 2.75) is 90.4 Å². The van der Waals surface area contributed by atoms with Gasteiger partial charge in [0.1, 0.15) is 17.2 Å². The number of hydrogen-bond acceptors (Lipinski definition) is 9. The topological polar surface area (TPSA) is 149 Å². The molecule has 2 N–H and O–H groups in total. The number of carbonyl (C=O) groups excluding carboxylic acids is 3. The van der Waals surface area contributed by atoms with Gasteiger partial charge in [0.05, 0.1) is 36.7 Å². The molecule has 1 aliphatic rings. The van der Waals surface area contributed by atoms with E-state index in [1.807, 2.05) is 24.3 Å². The Balaban J connectivity index is 1.49. The van der Waals surface area contributed by atoms with Gasteiger partial charge < -0.3 is 24.2 Å². The number of carbonyl (C=O) groups is 3. The van der Waals surface area contributed by atoms with Crippen molar-refractivity contribution in [3.63, 3.8) is 0 Å². The maximum atomic E-state index is 13.8. The molecule has 4 rings (SSSR count). The third kappa shape index (κ3) is 12.9. The second-order valence-corrected chi connectivity index (χ2v) is 15.8. The van der Waals surface area contributed by atoms with Crippen molar-refractivity contribution in [3.8, 4) is 16.9 Å². The maximum absolute atomic E-state index is 13.8. The summed E-state index contributed by atoms with van der Waals surface area (Å²) in [6.07, 6.45) is 3.43. The number of halogens is 1. The van der Waals surface area contributed by atoms with Crippen LogP contribution in [0.2, 0.25) is 0 Å². The van der Waals surface area contributed by atoms with E-state index in [9.17, 15) is 32.3 Å². The second kappa shape index (κ2) is 18.3. The zero-order valence-corrected chi connectivity index (χ0v) is 31.0. The Labute approximate surface area is 305 Å². The average Bonchev–Trinajstić information content (AvgIpc) is 3.08. The number of sulfonamides is 1. The van der Waals surface area contributed by atoms with Gasteiger partial charge >= 0.3 is 12.1 Å². The summed E-state index contributed by atoms with van der Waals surface area (Å²) in [5, 5.41) is 10.8. The van der Waals surface area contributed by atoms with Crippen molar-refractivity contribution in [2.24, 2.45) is 0 Å². The van der Waals surface area contributed by atoms with E-state index < -0.39 is 51.3 Å². The van der Waals surface area contributed by atoms with Crippen LogP contribution in [0.15, 0.2) is 66.7 Å². The van der Waals surface area contributed by atoms with Gasteiger partial charge in [-0.25, -0.2) is 22.3 Å². The minimum absolute atomic E-state index is 0.0401. The molecule has 0 radical (unpaired) electrons. The first-order valence-electron chi connectivity index (χ1n) is 17.6. The highest BCUT2D eigenvalue weighted by Gasteiger charge is 2.26. The molecular formula is C39H49FN2O9S. The van der Waals surface area contributed by atoms with Crippen LogP contribution in [0.25, 0.3) is 11.1 Å². The first kappa shape index (κ1) is 40.3. The molecular weight excluding hydrogens is 691 g/mol. The predicted molar refractivity (Wildman–Crippen MR) is 195 cm³/mol. The molecule has 0 aliphatic heterocycles. The fraction of sp³-hybridized carbons (Fsp3) is 0.462. The quantitative estimate of drug-likeness (QED) is 0.128. The van der Waals surface area contributed by atoms with Crippen LogP contribution in [-0.4, -0.2) is 73.5 Å². The first-order valence-corrected chi connectivity index (χ1v) is 19.2. The van der Waals surface area contributed by atoms with Crippen LogP contribution >= 0.6 is 0 Å². The standard InChI is InChI=1S/C39H49FN2O9S/c1-27(43)49-22-9-23-52(47,48)41-37(45)34-19-18-30(25-36(34)50-33-12-6-5-7-13-33)29-16-14-28(15-17-29)20-21-42(38(46)51-39(2,3)4)26-35(44)31-10-8-11-32(40)24-31/h8,10-11,14-19,24-25,33,35,44H,5-7,9,12-13,20-23,26H2,1-4H3,(H,41,45)/t35-/m1/s1. The third-order valence-corrected chi connectivity index (χ3v) is 9.74. The number of aliphatic hydroxyl groups excluding tert-OH is 1. The highest BCUT2D eigenvalue weighted by Crippen LogP contribution is 2.31. The lowest BCUT2D eigenvalue weighted by Gasteiger charge is -2.29. The average molecular weight is 741 g/mol. The van der Waals surface area contributed by atoms with E-state index in [4.69, 9.17) is 14.2 Å². The summed E-state index contributed by atoms with van der Waals surface area (Å²) in [6, 6.07) is 18.3. The third-order valence-electron chi connectivity index (χ3n) is 8.42. The number of hydrogen-bond donors (Lipinski definition) is 2. The molecule has 0 spiro atoms. The molecule has 2 amide bonds. The van der Waals surface area contributed by atoms with Crippen LogP contribution < -0.4 is 9.46 Å². The summed E-state index contributed by atoms with van der Waals surface area (Å²) in [7, 11) is -4.00. The van der Waals surface area contributed by atoms with E-state index in [0.717, 1.165) is 48.8 Å². The van der Waals surface area contributed by atoms with Gasteiger partial charge in [-0.2, -0.15) is 0 Å². The lowest BCUT2D eigenvalue weighted by Crippen LogP contribution is -2.40. The van der Waals surface area contributed by atoms with Crippen molar-refractivity contribution in [2.75, 3.05) is 25.4 Å². The van der Waals surface area contributed by atoms with Crippen molar-refractivity contribution >= 4 is 28.0 Å². The molecule has 1 atom stereocenters. The molecule has 0 unspecified atom stereocenters. The first-order chi connectivity index (χ1) is 24.6. The highest BCUT2D eigenvalue weighted by molar-refractivity contribution is 7.90. The van der Waals surface area contributed by atoms with E-state index in [1.165, 1.54) is 30.0 Å². The SMILES string of the molecule is CC(=O)OCCCS(=O)(=O)NC(=O)c1ccc(-c2ccc(CCN(C[C@@H](O)c3cccc(F)c3)C(=O)OC(C)(C)C)cc2)cc1OC1CCCCC1. The van der Waals surface area contributed by atoms with Crippen LogP contribution in [0, 0.1) is 5.82 Å². The van der Waals surface area contributed by atoms with Crippen molar-refractivity contribution in [3.05, 3.63) is 89.2 Å². The lowest BCUT2D eigenvalue weighted by atomic mass is 9.97. The van der Waals surface area contributed by atoms with Gasteiger partial charge in [-0.3, -0.25) is 9.59 Å². The van der Waals surface area contributed by atoms with Gasteiger partial charge in [0, 0.05) is 13.5 Å². The number of aliphatic hydroxyl groups is 1. The Morgan fingerprint density at radius 3 is 2.33 bits per heavy atom. The van der Waals surface area contributed by atoms with Crippen LogP contribution in [-0.2, 0) is 30.7 Å². The maximum Gasteiger partial charge on any atom is 0.410 e. The fourth-order valence-electron chi connectivity index (χ4n) is 5.80. The zero-order valence-electron chi connectivity index (χ0n) is 30.2. The molecule has 0 aromatic heterocycles. The number of benzene rings is 3. The van der Waals surface area contributed by atoms with Crippen molar-refractivity contribution in [1.29, 1.82) is 0 Å². The Morgan fingerprint density at radius 1 is 0.981 bits per heavy atom. The van der Waals surface area contributed by atoms with Crippen LogP contribution in [0.4, 0.5) is 9.18 Å². The highest BCUT2D eigenvalue weighted by atomic mass is 32.2. The molecule has 1 saturated carbocycles. The van der Waals surface area contributed by atoms with E-state index in [1.54, 1.807) is 45.0 Å². The van der Waals surface area contributed by atoms with Gasteiger partial charge in [0.2, 0.25) is 10.0 Å². The Hall–Kier alpha value is -4.49. The van der Waals surface area contributed by atoms with Gasteiger partial charge in [-0.05, 0) is 106 Å². The van der Waals surface area contributed by atoms with E-state index >= 15 is 0 Å². The molecule has 282 valence electrons. The van der Waals surface area contributed by atoms with Crippen molar-refractivity contribution < 1.29 is 46.5 Å². The number of esters is 1. The summed E-state index contributed by atoms with van der Waals surface area (Å²) in [5.41, 5.74) is 2.19. The van der Waals surface area contributed by atoms with Gasteiger partial charge in [0.15, 0.2) is 0 Å². The number of ether oxygens (including phenoxy) is 3. The lowest BCUT2D eigenvalue weighted by molar-refractivity contribution is -0.140. The molecule has 13 heteroatoms. The minimum atomic E-state index is -4.00. The zero-order chi connectivity index (χ0) is 37.9. The van der Waals surface area contributed by atoms with E-state index in [-0.39, 0.29) is 43.5 Å². The Bertz CT molecular complexity index is 1790. The summed E-state index contributed by atoms with van der Waals surface area (Å²) >= 11 is 0. The van der Waals surface area contributed by atoms with Gasteiger partial charge in [0.25, 0.3) is 5.91 Å². The molecule has 0 bridgehead atoms. The number of nitrogens with zero attached hydrogens (tertiary/aromatic N) is 1. The summed E-state index contributed by atoms with van der Waals surface area (Å²) in [5.74, 6) is -1.91. The van der Waals surface area contributed by atoms with E-state index in [0.29, 0.717) is 12.0 Å². The number of nitrogens with one attached hydrogen (secondary N) is 1. The van der Waals surface area contributed by atoms with E-state index in [2.05, 4.69) is 4.72 Å². The number of amides is 2. The molecule has 3 aromatic rings. The number of rotatable bonds is 15. The molecule has 0 heterocycles. The van der Waals surface area contributed by atoms with Crippen LogP contribution in [0.5, 0.6) is 5.75 Å². The van der Waals surface area contributed by atoms with Gasteiger partial charge in [-0.1, -0.05) is 48.9 Å². The predicted octanol–water partition coefficient (Wildman–Crippen LogP) is 6.73. The largest absolute Gasteiger partial charge is 0.490 e. The van der Waals surface area contributed by atoms with Crippen LogP contribution in [0.3, 0.4) is 0 Å². The normalized spacial score (nSPS) is 14.3. The summed E-state index contributed by atoms with van der Waals surface area (Å²) in [4.78, 5) is 38.7.